The minimum absolute atomic E-state index is 0.0180. The van der Waals surface area contributed by atoms with Crippen molar-refractivity contribution in [3.63, 3.8) is 0 Å². The summed E-state index contributed by atoms with van der Waals surface area (Å²) in [6.45, 7) is 6.26. The maximum absolute atomic E-state index is 4.05. The number of hydrogen-bond donors (Lipinski definition) is 2. The fourth-order valence-electron chi connectivity index (χ4n) is 1.25. The molecule has 0 fully saturated rings. The lowest BCUT2D eigenvalue weighted by atomic mass is 10.0. The van der Waals surface area contributed by atoms with Crippen LogP contribution in [0.3, 0.4) is 0 Å². The molecule has 3 heteroatoms. The molecule has 0 radical (unpaired) electrons. The topological polar surface area (TPSA) is 36.4 Å². The van der Waals surface area contributed by atoms with E-state index in [0.717, 1.165) is 11.7 Å². The summed E-state index contributed by atoms with van der Waals surface area (Å²) in [5.74, 6) is 0.843. The lowest BCUT2D eigenvalue weighted by Gasteiger charge is -2.30. The monoisotopic (exact) mass is 153 g/mol. The molecule has 0 aliphatic carbocycles. The Kier molecular flexibility index (Phi) is 1.89. The van der Waals surface area contributed by atoms with Gasteiger partial charge in [-0.05, 0) is 26.8 Å². The number of allylic oxidation sites excluding steroid dienone is 1. The van der Waals surface area contributed by atoms with Crippen molar-refractivity contribution in [1.82, 2.24) is 10.6 Å². The van der Waals surface area contributed by atoms with Gasteiger partial charge in [0.1, 0.15) is 0 Å². The van der Waals surface area contributed by atoms with Gasteiger partial charge in [-0.3, -0.25) is 4.99 Å². The zero-order valence-corrected chi connectivity index (χ0v) is 7.52. The van der Waals surface area contributed by atoms with E-state index in [-0.39, 0.29) is 5.54 Å². The first-order chi connectivity index (χ1) is 5.03. The second-order valence-corrected chi connectivity index (χ2v) is 3.37. The van der Waals surface area contributed by atoms with Crippen LogP contribution in [0.2, 0.25) is 0 Å². The first-order valence-electron chi connectivity index (χ1n) is 3.75. The lowest BCUT2D eigenvalue weighted by molar-refractivity contribution is 0.544. The molecular formula is C8H15N3. The largest absolute Gasteiger partial charge is 0.348 e. The molecule has 0 amide bonds. The Morgan fingerprint density at radius 1 is 1.45 bits per heavy atom. The Morgan fingerprint density at radius 3 is 2.55 bits per heavy atom. The molecule has 0 bridgehead atoms. The Hall–Kier alpha value is -0.990. The van der Waals surface area contributed by atoms with Crippen LogP contribution in [0.15, 0.2) is 16.8 Å². The number of rotatable bonds is 0. The van der Waals surface area contributed by atoms with Crippen molar-refractivity contribution in [2.75, 3.05) is 7.05 Å². The van der Waals surface area contributed by atoms with Crippen LogP contribution in [0.5, 0.6) is 0 Å². The van der Waals surface area contributed by atoms with Crippen molar-refractivity contribution in [2.45, 2.75) is 26.3 Å². The second kappa shape index (κ2) is 2.57. The quantitative estimate of drug-likeness (QED) is 0.541. The summed E-state index contributed by atoms with van der Waals surface area (Å²) in [6.07, 6.45) is 2.14. The van der Waals surface area contributed by atoms with Gasteiger partial charge in [0.25, 0.3) is 0 Å². The van der Waals surface area contributed by atoms with Gasteiger partial charge in [0, 0.05) is 12.7 Å². The Morgan fingerprint density at radius 2 is 2.09 bits per heavy atom. The zero-order valence-electron chi connectivity index (χ0n) is 7.52. The Balaban J connectivity index is 2.86. The number of guanidine groups is 1. The van der Waals surface area contributed by atoms with E-state index < -0.39 is 0 Å². The van der Waals surface area contributed by atoms with Crippen LogP contribution in [0.25, 0.3) is 0 Å². The molecular weight excluding hydrogens is 138 g/mol. The van der Waals surface area contributed by atoms with Crippen molar-refractivity contribution in [2.24, 2.45) is 4.99 Å². The fourth-order valence-corrected chi connectivity index (χ4v) is 1.25. The summed E-state index contributed by atoms with van der Waals surface area (Å²) >= 11 is 0. The highest BCUT2D eigenvalue weighted by Crippen LogP contribution is 2.10. The Labute approximate surface area is 67.6 Å². The van der Waals surface area contributed by atoms with Crippen molar-refractivity contribution < 1.29 is 0 Å². The average molecular weight is 153 g/mol. The highest BCUT2D eigenvalue weighted by molar-refractivity contribution is 5.83. The number of nitrogens with zero attached hydrogens (tertiary/aromatic N) is 1. The van der Waals surface area contributed by atoms with Crippen LogP contribution in [0.4, 0.5) is 0 Å². The molecule has 3 nitrogen and oxygen atoms in total. The highest BCUT2D eigenvalue weighted by atomic mass is 15.2. The van der Waals surface area contributed by atoms with Gasteiger partial charge in [0.15, 0.2) is 5.96 Å². The molecule has 0 unspecified atom stereocenters. The van der Waals surface area contributed by atoms with Crippen LogP contribution >= 0.6 is 0 Å². The molecule has 1 heterocycles. The van der Waals surface area contributed by atoms with E-state index in [1.165, 1.54) is 0 Å². The number of nitrogens with one attached hydrogen (secondary N) is 2. The lowest BCUT2D eigenvalue weighted by Crippen LogP contribution is -2.52. The molecule has 2 N–H and O–H groups in total. The summed E-state index contributed by atoms with van der Waals surface area (Å²) in [5.41, 5.74) is 1.17. The molecule has 0 saturated carbocycles. The van der Waals surface area contributed by atoms with Crippen LogP contribution in [-0.2, 0) is 0 Å². The van der Waals surface area contributed by atoms with Crippen LogP contribution in [-0.4, -0.2) is 18.5 Å². The van der Waals surface area contributed by atoms with Gasteiger partial charge in [-0.25, -0.2) is 0 Å². The summed E-state index contributed by atoms with van der Waals surface area (Å²) < 4.78 is 0. The molecule has 0 aromatic rings. The van der Waals surface area contributed by atoms with Gasteiger partial charge in [0.05, 0.1) is 5.54 Å². The molecule has 0 saturated heterocycles. The molecule has 1 aliphatic heterocycles. The molecule has 0 spiro atoms. The van der Waals surface area contributed by atoms with Gasteiger partial charge < -0.3 is 10.6 Å². The summed E-state index contributed by atoms with van der Waals surface area (Å²) in [7, 11) is 1.77. The van der Waals surface area contributed by atoms with E-state index in [9.17, 15) is 0 Å². The van der Waals surface area contributed by atoms with E-state index in [4.69, 9.17) is 0 Å². The molecule has 11 heavy (non-hydrogen) atoms. The maximum atomic E-state index is 4.05. The molecule has 0 atom stereocenters. The third kappa shape index (κ3) is 1.97. The average Bonchev–Trinajstić information content (AvgIpc) is 1.83. The van der Waals surface area contributed by atoms with Gasteiger partial charge in [-0.1, -0.05) is 0 Å². The highest BCUT2D eigenvalue weighted by Gasteiger charge is 2.20. The molecule has 0 aromatic carbocycles. The predicted octanol–water partition coefficient (Wildman–Crippen LogP) is 0.847. The Bertz CT molecular complexity index is 213. The third-order valence-electron chi connectivity index (χ3n) is 1.56. The van der Waals surface area contributed by atoms with Crippen LogP contribution in [0.1, 0.15) is 20.8 Å². The van der Waals surface area contributed by atoms with E-state index >= 15 is 0 Å². The number of hydrogen-bond acceptors (Lipinski definition) is 1. The standard InChI is InChI=1S/C8H15N3/c1-6-5-8(2,3)11-7(9-4)10-6/h5H,1-4H3,(H2,9,10,11). The minimum atomic E-state index is 0.0180. The van der Waals surface area contributed by atoms with Gasteiger partial charge >= 0.3 is 0 Å². The minimum Gasteiger partial charge on any atom is -0.348 e. The molecule has 62 valence electrons. The summed E-state index contributed by atoms with van der Waals surface area (Å²) in [5, 5.41) is 6.36. The summed E-state index contributed by atoms with van der Waals surface area (Å²) in [4.78, 5) is 4.05. The van der Waals surface area contributed by atoms with E-state index in [2.05, 4.69) is 35.5 Å². The van der Waals surface area contributed by atoms with Crippen molar-refractivity contribution in [3.8, 4) is 0 Å². The SMILES string of the molecule is CN=C1NC(C)=CC(C)(C)N1. The molecule has 0 aromatic heterocycles. The van der Waals surface area contributed by atoms with Gasteiger partial charge in [-0.15, -0.1) is 0 Å². The third-order valence-corrected chi connectivity index (χ3v) is 1.56. The van der Waals surface area contributed by atoms with E-state index in [1.54, 1.807) is 7.05 Å². The summed E-state index contributed by atoms with van der Waals surface area (Å²) in [6, 6.07) is 0. The number of aliphatic imine (C=N–C) groups is 1. The first-order valence-corrected chi connectivity index (χ1v) is 3.75. The van der Waals surface area contributed by atoms with Gasteiger partial charge in [-0.2, -0.15) is 0 Å². The van der Waals surface area contributed by atoms with E-state index in [0.29, 0.717) is 0 Å². The molecule has 1 rings (SSSR count). The van der Waals surface area contributed by atoms with E-state index in [1.807, 2.05) is 6.92 Å². The molecule has 1 aliphatic rings. The predicted molar refractivity (Wildman–Crippen MR) is 47.5 cm³/mol. The van der Waals surface area contributed by atoms with Gasteiger partial charge in [0.2, 0.25) is 0 Å². The van der Waals surface area contributed by atoms with Crippen LogP contribution in [0, 0.1) is 0 Å². The second-order valence-electron chi connectivity index (χ2n) is 3.37. The maximum Gasteiger partial charge on any atom is 0.195 e. The first kappa shape index (κ1) is 8.11. The van der Waals surface area contributed by atoms with Crippen molar-refractivity contribution in [3.05, 3.63) is 11.8 Å². The van der Waals surface area contributed by atoms with Crippen molar-refractivity contribution in [1.29, 1.82) is 0 Å². The van der Waals surface area contributed by atoms with Crippen molar-refractivity contribution >= 4 is 5.96 Å². The zero-order chi connectivity index (χ0) is 8.48. The smallest absolute Gasteiger partial charge is 0.195 e. The van der Waals surface area contributed by atoms with Crippen LogP contribution < -0.4 is 10.6 Å². The fraction of sp³-hybridized carbons (Fsp3) is 0.625. The normalized spacial score (nSPS) is 25.5.